The van der Waals surface area contributed by atoms with Gasteiger partial charge in [-0.05, 0) is 33.2 Å². The maximum Gasteiger partial charge on any atom is 0.227 e. The van der Waals surface area contributed by atoms with E-state index in [2.05, 4.69) is 12.2 Å². The molecule has 0 aromatic heterocycles. The van der Waals surface area contributed by atoms with Crippen molar-refractivity contribution in [2.75, 3.05) is 20.1 Å². The lowest BCUT2D eigenvalue weighted by atomic mass is 10.0. The number of rotatable bonds is 4. The average molecular weight is 214 g/mol. The van der Waals surface area contributed by atoms with Crippen molar-refractivity contribution in [2.24, 2.45) is 5.92 Å². The van der Waals surface area contributed by atoms with Crippen LogP contribution >= 0.6 is 0 Å². The van der Waals surface area contributed by atoms with E-state index in [1.54, 1.807) is 11.8 Å². The van der Waals surface area contributed by atoms with Crippen LogP contribution in [0.5, 0.6) is 0 Å². The Morgan fingerprint density at radius 3 is 2.80 bits per heavy atom. The van der Waals surface area contributed by atoms with Gasteiger partial charge in [0.15, 0.2) is 0 Å². The molecular weight excluding hydrogens is 192 g/mol. The number of aliphatic hydroxyl groups is 1. The zero-order chi connectivity index (χ0) is 11.4. The Morgan fingerprint density at radius 1 is 1.67 bits per heavy atom. The molecule has 4 heteroatoms. The molecule has 4 nitrogen and oxygen atoms in total. The largest absolute Gasteiger partial charge is 0.393 e. The molecule has 0 aliphatic carbocycles. The first-order valence-electron chi connectivity index (χ1n) is 5.68. The Hall–Kier alpha value is -0.610. The van der Waals surface area contributed by atoms with Crippen LogP contribution in [0.1, 0.15) is 26.7 Å². The lowest BCUT2D eigenvalue weighted by molar-refractivity contribution is -0.134. The molecule has 0 bridgehead atoms. The SMILES string of the molecule is CC(O)CCN(C)C(=O)C1CCNC1C. The van der Waals surface area contributed by atoms with E-state index in [-0.39, 0.29) is 24.0 Å². The van der Waals surface area contributed by atoms with Crippen LogP contribution in [0, 0.1) is 5.92 Å². The van der Waals surface area contributed by atoms with Crippen LogP contribution in [0.15, 0.2) is 0 Å². The molecule has 1 heterocycles. The third kappa shape index (κ3) is 3.47. The first kappa shape index (κ1) is 12.5. The van der Waals surface area contributed by atoms with Crippen LogP contribution in [-0.2, 0) is 4.79 Å². The number of carbonyl (C=O) groups excluding carboxylic acids is 1. The summed E-state index contributed by atoms with van der Waals surface area (Å²) in [7, 11) is 1.82. The molecule has 1 rings (SSSR count). The second kappa shape index (κ2) is 5.47. The maximum absolute atomic E-state index is 12.0. The van der Waals surface area contributed by atoms with Crippen LogP contribution < -0.4 is 5.32 Å². The summed E-state index contributed by atoms with van der Waals surface area (Å²) in [5, 5.41) is 12.4. The topological polar surface area (TPSA) is 52.6 Å². The highest BCUT2D eigenvalue weighted by Gasteiger charge is 2.31. The number of aliphatic hydroxyl groups excluding tert-OH is 1. The van der Waals surface area contributed by atoms with E-state index in [0.29, 0.717) is 13.0 Å². The Bertz CT molecular complexity index is 219. The van der Waals surface area contributed by atoms with Gasteiger partial charge in [0.05, 0.1) is 12.0 Å². The standard InChI is InChI=1S/C11H22N2O2/c1-8(14)5-7-13(3)11(15)10-4-6-12-9(10)2/h8-10,12,14H,4-7H2,1-3H3. The zero-order valence-electron chi connectivity index (χ0n) is 9.86. The van der Waals surface area contributed by atoms with Gasteiger partial charge in [-0.25, -0.2) is 0 Å². The van der Waals surface area contributed by atoms with Crippen molar-refractivity contribution in [3.05, 3.63) is 0 Å². The Morgan fingerprint density at radius 2 is 2.33 bits per heavy atom. The van der Waals surface area contributed by atoms with Gasteiger partial charge < -0.3 is 15.3 Å². The van der Waals surface area contributed by atoms with Crippen LogP contribution in [0.3, 0.4) is 0 Å². The van der Waals surface area contributed by atoms with Crippen LogP contribution in [-0.4, -0.2) is 48.2 Å². The number of nitrogens with zero attached hydrogens (tertiary/aromatic N) is 1. The molecular formula is C11H22N2O2. The molecule has 2 N–H and O–H groups in total. The van der Waals surface area contributed by atoms with Crippen molar-refractivity contribution < 1.29 is 9.90 Å². The maximum atomic E-state index is 12.0. The van der Waals surface area contributed by atoms with Gasteiger partial charge in [-0.2, -0.15) is 0 Å². The van der Waals surface area contributed by atoms with Crippen molar-refractivity contribution in [2.45, 2.75) is 38.8 Å². The van der Waals surface area contributed by atoms with Crippen molar-refractivity contribution >= 4 is 5.91 Å². The molecule has 0 aromatic rings. The van der Waals surface area contributed by atoms with Gasteiger partial charge in [0.1, 0.15) is 0 Å². The third-order valence-electron chi connectivity index (χ3n) is 3.10. The second-order valence-electron chi connectivity index (χ2n) is 4.54. The van der Waals surface area contributed by atoms with Crippen molar-refractivity contribution in [3.8, 4) is 0 Å². The van der Waals surface area contributed by atoms with E-state index in [9.17, 15) is 4.79 Å². The summed E-state index contributed by atoms with van der Waals surface area (Å²) >= 11 is 0. The molecule has 1 saturated heterocycles. The molecule has 0 saturated carbocycles. The monoisotopic (exact) mass is 214 g/mol. The molecule has 88 valence electrons. The minimum absolute atomic E-state index is 0.115. The van der Waals surface area contributed by atoms with Gasteiger partial charge in [0, 0.05) is 19.6 Å². The van der Waals surface area contributed by atoms with Gasteiger partial charge in [-0.15, -0.1) is 0 Å². The van der Waals surface area contributed by atoms with Gasteiger partial charge >= 0.3 is 0 Å². The van der Waals surface area contributed by atoms with Crippen LogP contribution in [0.4, 0.5) is 0 Å². The summed E-state index contributed by atoms with van der Waals surface area (Å²) < 4.78 is 0. The minimum Gasteiger partial charge on any atom is -0.393 e. The first-order valence-corrected chi connectivity index (χ1v) is 5.68. The smallest absolute Gasteiger partial charge is 0.227 e. The quantitative estimate of drug-likeness (QED) is 0.703. The zero-order valence-corrected chi connectivity index (χ0v) is 9.86. The predicted molar refractivity (Wildman–Crippen MR) is 59.5 cm³/mol. The lowest BCUT2D eigenvalue weighted by Crippen LogP contribution is -2.39. The van der Waals surface area contributed by atoms with Crippen molar-refractivity contribution in [1.82, 2.24) is 10.2 Å². The number of hydrogen-bond donors (Lipinski definition) is 2. The fourth-order valence-corrected chi connectivity index (χ4v) is 1.97. The molecule has 1 aliphatic heterocycles. The fourth-order valence-electron chi connectivity index (χ4n) is 1.97. The minimum atomic E-state index is -0.334. The Labute approximate surface area is 91.6 Å². The van der Waals surface area contributed by atoms with E-state index in [0.717, 1.165) is 13.0 Å². The van der Waals surface area contributed by atoms with Gasteiger partial charge in [-0.3, -0.25) is 4.79 Å². The number of amides is 1. The van der Waals surface area contributed by atoms with Gasteiger partial charge in [0.2, 0.25) is 5.91 Å². The summed E-state index contributed by atoms with van der Waals surface area (Å²) in [6, 6.07) is 0.284. The average Bonchev–Trinajstić information content (AvgIpc) is 2.59. The fraction of sp³-hybridized carbons (Fsp3) is 0.909. The summed E-state index contributed by atoms with van der Waals surface area (Å²) in [6.07, 6.45) is 1.25. The van der Waals surface area contributed by atoms with Crippen molar-refractivity contribution in [3.63, 3.8) is 0 Å². The highest BCUT2D eigenvalue weighted by Crippen LogP contribution is 2.17. The highest BCUT2D eigenvalue weighted by atomic mass is 16.3. The first-order chi connectivity index (χ1) is 7.02. The molecule has 0 radical (unpaired) electrons. The van der Waals surface area contributed by atoms with Crippen LogP contribution in [0.25, 0.3) is 0 Å². The molecule has 15 heavy (non-hydrogen) atoms. The van der Waals surface area contributed by atoms with Crippen LogP contribution in [0.2, 0.25) is 0 Å². The normalized spacial score (nSPS) is 27.7. The van der Waals surface area contributed by atoms with Crippen molar-refractivity contribution in [1.29, 1.82) is 0 Å². The van der Waals surface area contributed by atoms with Gasteiger partial charge in [0.25, 0.3) is 0 Å². The second-order valence-corrected chi connectivity index (χ2v) is 4.54. The number of carbonyl (C=O) groups is 1. The van der Waals surface area contributed by atoms with E-state index in [4.69, 9.17) is 5.11 Å². The molecule has 3 atom stereocenters. The van der Waals surface area contributed by atoms with E-state index in [1.165, 1.54) is 0 Å². The van der Waals surface area contributed by atoms with E-state index >= 15 is 0 Å². The predicted octanol–water partition coefficient (Wildman–Crippen LogP) is 0.214. The molecule has 0 aromatic carbocycles. The Kier molecular flexibility index (Phi) is 4.54. The molecule has 1 aliphatic rings. The summed E-state index contributed by atoms with van der Waals surface area (Å²) in [6.45, 7) is 5.37. The third-order valence-corrected chi connectivity index (χ3v) is 3.10. The Balaban J connectivity index is 2.38. The highest BCUT2D eigenvalue weighted by molar-refractivity contribution is 5.79. The van der Waals surface area contributed by atoms with E-state index < -0.39 is 0 Å². The summed E-state index contributed by atoms with van der Waals surface area (Å²) in [5.74, 6) is 0.317. The molecule has 1 amide bonds. The number of hydrogen-bond acceptors (Lipinski definition) is 3. The summed E-state index contributed by atoms with van der Waals surface area (Å²) in [5.41, 5.74) is 0. The molecule has 0 spiro atoms. The lowest BCUT2D eigenvalue weighted by Gasteiger charge is -2.23. The van der Waals surface area contributed by atoms with Gasteiger partial charge in [-0.1, -0.05) is 0 Å². The van der Waals surface area contributed by atoms with E-state index in [1.807, 2.05) is 7.05 Å². The molecule has 3 unspecified atom stereocenters. The number of nitrogens with one attached hydrogen (secondary N) is 1. The molecule has 1 fully saturated rings. The summed E-state index contributed by atoms with van der Waals surface area (Å²) in [4.78, 5) is 13.7.